The van der Waals surface area contributed by atoms with E-state index in [1.165, 1.54) is 31.2 Å². The van der Waals surface area contributed by atoms with E-state index < -0.39 is 0 Å². The Bertz CT molecular complexity index is 331. The lowest BCUT2D eigenvalue weighted by molar-refractivity contribution is 0.284. The van der Waals surface area contributed by atoms with Crippen LogP contribution in [0, 0.1) is 11.8 Å². The minimum atomic E-state index is 0.400. The molecule has 1 saturated carbocycles. The number of hydrogen-bond donors (Lipinski definition) is 0. The predicted octanol–water partition coefficient (Wildman–Crippen LogP) is 5.22. The first kappa shape index (κ1) is 13.0. The first-order chi connectivity index (χ1) is 8.16. The predicted molar refractivity (Wildman–Crippen MR) is 75.6 cm³/mol. The summed E-state index contributed by atoms with van der Waals surface area (Å²) in [5.74, 6) is 2.20. The molecule has 0 N–H and O–H groups in total. The Labute approximate surface area is 110 Å². The summed E-state index contributed by atoms with van der Waals surface area (Å²) in [5.41, 5.74) is 1.50. The monoisotopic (exact) mass is 250 g/mol. The van der Waals surface area contributed by atoms with Crippen LogP contribution in [0.4, 0.5) is 0 Å². The molecule has 1 aromatic carbocycles. The summed E-state index contributed by atoms with van der Waals surface area (Å²) in [7, 11) is 0. The Morgan fingerprint density at radius 2 is 1.88 bits per heavy atom. The van der Waals surface area contributed by atoms with E-state index in [1.807, 2.05) is 0 Å². The zero-order valence-corrected chi connectivity index (χ0v) is 11.7. The lowest BCUT2D eigenvalue weighted by atomic mass is 9.75. The van der Waals surface area contributed by atoms with Crippen molar-refractivity contribution in [1.29, 1.82) is 0 Å². The molecule has 17 heavy (non-hydrogen) atoms. The standard InChI is InChI=1S/C16H23Cl/c1-12(2)10-15-11-14(8-9-16(15)17)13-6-4-3-5-7-13/h3-7,12,14-16H,8-11H2,1-2H3. The van der Waals surface area contributed by atoms with Gasteiger partial charge in [-0.15, -0.1) is 11.6 Å². The van der Waals surface area contributed by atoms with Crippen molar-refractivity contribution in [2.45, 2.75) is 50.8 Å². The molecular weight excluding hydrogens is 228 g/mol. The molecule has 3 unspecified atom stereocenters. The highest BCUT2D eigenvalue weighted by Gasteiger charge is 2.30. The number of hydrogen-bond acceptors (Lipinski definition) is 0. The summed E-state index contributed by atoms with van der Waals surface area (Å²) < 4.78 is 0. The molecule has 0 saturated heterocycles. The van der Waals surface area contributed by atoms with Crippen LogP contribution in [0.2, 0.25) is 0 Å². The average molecular weight is 251 g/mol. The molecule has 0 nitrogen and oxygen atoms in total. The van der Waals surface area contributed by atoms with E-state index in [1.54, 1.807) is 0 Å². The number of rotatable bonds is 3. The molecule has 3 atom stereocenters. The van der Waals surface area contributed by atoms with Crippen molar-refractivity contribution in [2.75, 3.05) is 0 Å². The maximum atomic E-state index is 6.48. The first-order valence-corrected chi connectivity index (χ1v) is 7.29. The van der Waals surface area contributed by atoms with Crippen molar-refractivity contribution >= 4 is 11.6 Å². The van der Waals surface area contributed by atoms with Crippen LogP contribution in [0.3, 0.4) is 0 Å². The summed E-state index contributed by atoms with van der Waals surface area (Å²) in [6, 6.07) is 10.9. The summed E-state index contributed by atoms with van der Waals surface area (Å²) >= 11 is 6.48. The third kappa shape index (κ3) is 3.48. The van der Waals surface area contributed by atoms with Gasteiger partial charge in [-0.1, -0.05) is 44.2 Å². The molecule has 0 aromatic heterocycles. The molecule has 2 rings (SSSR count). The molecule has 1 aliphatic carbocycles. The highest BCUT2D eigenvalue weighted by atomic mass is 35.5. The van der Waals surface area contributed by atoms with Gasteiger partial charge in [0.2, 0.25) is 0 Å². The van der Waals surface area contributed by atoms with E-state index in [-0.39, 0.29) is 0 Å². The number of alkyl halides is 1. The average Bonchev–Trinajstić information content (AvgIpc) is 2.32. The SMILES string of the molecule is CC(C)CC1CC(c2ccccc2)CCC1Cl. The van der Waals surface area contributed by atoms with Crippen molar-refractivity contribution in [2.24, 2.45) is 11.8 Å². The molecule has 0 heterocycles. The Hall–Kier alpha value is -0.490. The highest BCUT2D eigenvalue weighted by Crippen LogP contribution is 2.41. The van der Waals surface area contributed by atoms with Crippen LogP contribution in [0.5, 0.6) is 0 Å². The molecule has 0 aliphatic heterocycles. The number of benzene rings is 1. The molecule has 0 amide bonds. The Morgan fingerprint density at radius 3 is 2.53 bits per heavy atom. The minimum Gasteiger partial charge on any atom is -0.123 e. The van der Waals surface area contributed by atoms with Gasteiger partial charge in [-0.05, 0) is 49.0 Å². The lowest BCUT2D eigenvalue weighted by Gasteiger charge is -2.34. The largest absolute Gasteiger partial charge is 0.123 e. The Kier molecular flexibility index (Phi) is 4.50. The van der Waals surface area contributed by atoms with Gasteiger partial charge in [-0.3, -0.25) is 0 Å². The van der Waals surface area contributed by atoms with Crippen LogP contribution in [0.25, 0.3) is 0 Å². The van der Waals surface area contributed by atoms with Gasteiger partial charge in [-0.2, -0.15) is 0 Å². The number of halogens is 1. The van der Waals surface area contributed by atoms with Gasteiger partial charge in [-0.25, -0.2) is 0 Å². The molecule has 1 aliphatic rings. The molecule has 0 radical (unpaired) electrons. The summed E-state index contributed by atoms with van der Waals surface area (Å²) in [5, 5.41) is 0.400. The molecule has 1 fully saturated rings. The second kappa shape index (κ2) is 5.91. The quantitative estimate of drug-likeness (QED) is 0.645. The topological polar surface area (TPSA) is 0 Å². The van der Waals surface area contributed by atoms with E-state index in [0.29, 0.717) is 11.3 Å². The fourth-order valence-corrected chi connectivity index (χ4v) is 3.44. The molecule has 0 bridgehead atoms. The minimum absolute atomic E-state index is 0.400. The summed E-state index contributed by atoms with van der Waals surface area (Å²) in [4.78, 5) is 0. The Morgan fingerprint density at radius 1 is 1.18 bits per heavy atom. The van der Waals surface area contributed by atoms with Crippen LogP contribution in [-0.2, 0) is 0 Å². The van der Waals surface area contributed by atoms with E-state index in [2.05, 4.69) is 44.2 Å². The van der Waals surface area contributed by atoms with Crippen molar-refractivity contribution in [3.05, 3.63) is 35.9 Å². The van der Waals surface area contributed by atoms with Crippen molar-refractivity contribution in [3.63, 3.8) is 0 Å². The first-order valence-electron chi connectivity index (χ1n) is 6.86. The van der Waals surface area contributed by atoms with Crippen molar-refractivity contribution in [3.8, 4) is 0 Å². The van der Waals surface area contributed by atoms with Crippen LogP contribution in [0.1, 0.15) is 51.0 Å². The van der Waals surface area contributed by atoms with E-state index in [9.17, 15) is 0 Å². The van der Waals surface area contributed by atoms with E-state index >= 15 is 0 Å². The molecule has 94 valence electrons. The van der Waals surface area contributed by atoms with Gasteiger partial charge in [0, 0.05) is 5.38 Å². The van der Waals surface area contributed by atoms with E-state index in [0.717, 1.165) is 11.8 Å². The smallest absolute Gasteiger partial charge is 0.0364 e. The van der Waals surface area contributed by atoms with Gasteiger partial charge in [0.1, 0.15) is 0 Å². The zero-order chi connectivity index (χ0) is 12.3. The van der Waals surface area contributed by atoms with Crippen molar-refractivity contribution in [1.82, 2.24) is 0 Å². The van der Waals surface area contributed by atoms with E-state index in [4.69, 9.17) is 11.6 Å². The van der Waals surface area contributed by atoms with Crippen LogP contribution < -0.4 is 0 Å². The zero-order valence-electron chi connectivity index (χ0n) is 10.9. The van der Waals surface area contributed by atoms with Gasteiger partial charge in [0.05, 0.1) is 0 Å². The summed E-state index contributed by atoms with van der Waals surface area (Å²) in [6.45, 7) is 4.60. The maximum Gasteiger partial charge on any atom is 0.0364 e. The van der Waals surface area contributed by atoms with Crippen LogP contribution >= 0.6 is 11.6 Å². The Balaban J connectivity index is 2.02. The third-order valence-electron chi connectivity index (χ3n) is 3.93. The van der Waals surface area contributed by atoms with Gasteiger partial charge in [0.25, 0.3) is 0 Å². The van der Waals surface area contributed by atoms with Crippen molar-refractivity contribution < 1.29 is 0 Å². The summed E-state index contributed by atoms with van der Waals surface area (Å²) in [6.07, 6.45) is 4.99. The fraction of sp³-hybridized carbons (Fsp3) is 0.625. The highest BCUT2D eigenvalue weighted by molar-refractivity contribution is 6.20. The molecular formula is C16H23Cl. The van der Waals surface area contributed by atoms with Crippen LogP contribution in [0.15, 0.2) is 30.3 Å². The molecule has 0 spiro atoms. The second-order valence-corrected chi connectivity index (χ2v) is 6.39. The second-order valence-electron chi connectivity index (χ2n) is 5.83. The lowest BCUT2D eigenvalue weighted by Crippen LogP contribution is -2.25. The third-order valence-corrected chi connectivity index (χ3v) is 4.51. The maximum absolute atomic E-state index is 6.48. The fourth-order valence-electron chi connectivity index (χ4n) is 3.10. The van der Waals surface area contributed by atoms with Gasteiger partial charge in [0.15, 0.2) is 0 Å². The normalized spacial score (nSPS) is 29.5. The van der Waals surface area contributed by atoms with Crippen LogP contribution in [-0.4, -0.2) is 5.38 Å². The molecule has 1 heteroatoms. The molecule has 1 aromatic rings. The van der Waals surface area contributed by atoms with Gasteiger partial charge < -0.3 is 0 Å². The van der Waals surface area contributed by atoms with Gasteiger partial charge >= 0.3 is 0 Å².